The second-order valence-electron chi connectivity index (χ2n) is 12.9. The molecule has 0 amide bonds. The second-order valence-corrected chi connectivity index (χ2v) is 12.9. The van der Waals surface area contributed by atoms with E-state index < -0.39 is 0 Å². The first-order valence-electron chi connectivity index (χ1n) is 13.6. The van der Waals surface area contributed by atoms with Crippen LogP contribution in [0, 0.1) is 0 Å². The van der Waals surface area contributed by atoms with Crippen molar-refractivity contribution in [3.05, 3.63) is 117 Å². The quantitative estimate of drug-likeness (QED) is 0.242. The molecule has 2 aliphatic rings. The minimum atomic E-state index is 0.120. The summed E-state index contributed by atoms with van der Waals surface area (Å²) in [5.74, 6) is 0. The Morgan fingerprint density at radius 2 is 0.861 bits per heavy atom. The average Bonchev–Trinajstić information content (AvgIpc) is 3.38. The molecule has 0 heterocycles. The predicted octanol–water partition coefficient (Wildman–Crippen LogP) is 9.21. The lowest BCUT2D eigenvalue weighted by Crippen LogP contribution is -2.19. The predicted molar refractivity (Wildman–Crippen MR) is 154 cm³/mol. The van der Waals surface area contributed by atoms with Crippen LogP contribution >= 0.6 is 0 Å². The molecule has 6 rings (SSSR count). The average molecular weight is 471 g/mol. The van der Waals surface area contributed by atoms with E-state index in [0.29, 0.717) is 0 Å². The Balaban J connectivity index is 1.40. The van der Waals surface area contributed by atoms with E-state index in [1.165, 1.54) is 44.5 Å². The Kier molecular flexibility index (Phi) is 5.31. The monoisotopic (exact) mass is 470 g/mol. The molecule has 4 aromatic rings. The smallest absolute Gasteiger partial charge is 0.00104 e. The standard InChI is InChI=1S/C36H38/c1-35(2,3)33-23(17-19-29-27-13-9-7-11-25(27)21-31(29)33)15-16-24-18-20-30-28-14-10-8-12-26(28)22-32(30)34(24)36(4,5)6/h7-14,17-20H,15-16,21-22H2,1-6H3. The van der Waals surface area contributed by atoms with Gasteiger partial charge in [-0.25, -0.2) is 0 Å². The first kappa shape index (κ1) is 23.3. The lowest BCUT2D eigenvalue weighted by Gasteiger charge is -2.29. The molecule has 0 radical (unpaired) electrons. The van der Waals surface area contributed by atoms with Crippen molar-refractivity contribution in [3.8, 4) is 22.3 Å². The number of hydrogen-bond acceptors (Lipinski definition) is 0. The summed E-state index contributed by atoms with van der Waals surface area (Å²) in [7, 11) is 0. The van der Waals surface area contributed by atoms with Crippen molar-refractivity contribution in [2.45, 2.75) is 78.1 Å². The Labute approximate surface area is 217 Å². The molecule has 0 saturated carbocycles. The molecule has 36 heavy (non-hydrogen) atoms. The van der Waals surface area contributed by atoms with Gasteiger partial charge < -0.3 is 0 Å². The van der Waals surface area contributed by atoms with Gasteiger partial charge in [0.15, 0.2) is 0 Å². The fourth-order valence-corrected chi connectivity index (χ4v) is 7.07. The largest absolute Gasteiger partial charge is 0.0619 e. The molecular formula is C36H38. The summed E-state index contributed by atoms with van der Waals surface area (Å²) >= 11 is 0. The lowest BCUT2D eigenvalue weighted by molar-refractivity contribution is 0.570. The van der Waals surface area contributed by atoms with Gasteiger partial charge in [0.2, 0.25) is 0 Å². The Hall–Kier alpha value is -3.12. The molecule has 0 nitrogen and oxygen atoms in total. The van der Waals surface area contributed by atoms with Gasteiger partial charge >= 0.3 is 0 Å². The molecule has 0 aliphatic heterocycles. The SMILES string of the molecule is CC(C)(C)c1c(CCc2ccc3c(c2C(C)(C)C)Cc2ccccc2-3)ccc2c1Cc1ccccc1-2. The third-order valence-corrected chi connectivity index (χ3v) is 8.31. The molecule has 0 saturated heterocycles. The van der Waals surface area contributed by atoms with Crippen LogP contribution in [0.15, 0.2) is 72.8 Å². The van der Waals surface area contributed by atoms with Gasteiger partial charge in [-0.05, 0) is 103 Å². The van der Waals surface area contributed by atoms with E-state index >= 15 is 0 Å². The number of aryl methyl sites for hydroxylation is 2. The normalized spacial score (nSPS) is 13.8. The third kappa shape index (κ3) is 3.74. The highest BCUT2D eigenvalue weighted by Gasteiger charge is 2.31. The molecule has 0 N–H and O–H groups in total. The molecule has 0 spiro atoms. The van der Waals surface area contributed by atoms with E-state index in [4.69, 9.17) is 0 Å². The summed E-state index contributed by atoms with van der Waals surface area (Å²) in [6.07, 6.45) is 4.31. The van der Waals surface area contributed by atoms with E-state index in [2.05, 4.69) is 114 Å². The van der Waals surface area contributed by atoms with Gasteiger partial charge in [-0.3, -0.25) is 0 Å². The Morgan fingerprint density at radius 3 is 1.25 bits per heavy atom. The van der Waals surface area contributed by atoms with Crippen molar-refractivity contribution in [3.63, 3.8) is 0 Å². The van der Waals surface area contributed by atoms with Crippen LogP contribution in [-0.2, 0) is 36.5 Å². The minimum absolute atomic E-state index is 0.120. The van der Waals surface area contributed by atoms with Crippen LogP contribution in [0.5, 0.6) is 0 Å². The van der Waals surface area contributed by atoms with Gasteiger partial charge in [-0.1, -0.05) is 114 Å². The first-order valence-corrected chi connectivity index (χ1v) is 13.6. The number of benzene rings is 4. The highest BCUT2D eigenvalue weighted by atomic mass is 14.3. The second kappa shape index (κ2) is 8.20. The summed E-state index contributed by atoms with van der Waals surface area (Å²) in [5, 5.41) is 0. The van der Waals surface area contributed by atoms with Crippen LogP contribution in [0.3, 0.4) is 0 Å². The molecule has 0 atom stereocenters. The van der Waals surface area contributed by atoms with Gasteiger partial charge in [0.25, 0.3) is 0 Å². The highest BCUT2D eigenvalue weighted by molar-refractivity contribution is 5.80. The Morgan fingerprint density at radius 1 is 0.472 bits per heavy atom. The van der Waals surface area contributed by atoms with E-state index in [0.717, 1.165) is 25.7 Å². The summed E-state index contributed by atoms with van der Waals surface area (Å²) < 4.78 is 0. The van der Waals surface area contributed by atoms with Crippen LogP contribution in [-0.4, -0.2) is 0 Å². The van der Waals surface area contributed by atoms with Crippen molar-refractivity contribution < 1.29 is 0 Å². The molecular weight excluding hydrogens is 432 g/mol. The number of hydrogen-bond donors (Lipinski definition) is 0. The molecule has 4 aromatic carbocycles. The summed E-state index contributed by atoms with van der Waals surface area (Å²) in [6, 6.07) is 27.6. The van der Waals surface area contributed by atoms with Gasteiger partial charge in [0, 0.05) is 0 Å². The number of rotatable bonds is 3. The molecule has 2 aliphatic carbocycles. The van der Waals surface area contributed by atoms with Crippen LogP contribution in [0.4, 0.5) is 0 Å². The molecule has 0 bridgehead atoms. The molecule has 0 fully saturated rings. The highest BCUT2D eigenvalue weighted by Crippen LogP contribution is 2.45. The molecule has 0 heteroatoms. The van der Waals surface area contributed by atoms with E-state index in [1.54, 1.807) is 22.3 Å². The topological polar surface area (TPSA) is 0 Å². The lowest BCUT2D eigenvalue weighted by atomic mass is 9.76. The molecule has 0 unspecified atom stereocenters. The zero-order valence-electron chi connectivity index (χ0n) is 22.8. The summed E-state index contributed by atoms with van der Waals surface area (Å²) in [6.45, 7) is 14.3. The van der Waals surface area contributed by atoms with E-state index in [9.17, 15) is 0 Å². The number of fused-ring (bicyclic) bond motifs is 6. The fourth-order valence-electron chi connectivity index (χ4n) is 7.07. The first-order chi connectivity index (χ1) is 17.1. The van der Waals surface area contributed by atoms with E-state index in [-0.39, 0.29) is 10.8 Å². The van der Waals surface area contributed by atoms with Crippen LogP contribution < -0.4 is 0 Å². The maximum Gasteiger partial charge on any atom is -0.00104 e. The molecule has 0 aromatic heterocycles. The zero-order chi connectivity index (χ0) is 25.2. The van der Waals surface area contributed by atoms with Crippen LogP contribution in [0.2, 0.25) is 0 Å². The van der Waals surface area contributed by atoms with E-state index in [1.807, 2.05) is 0 Å². The van der Waals surface area contributed by atoms with Gasteiger partial charge in [-0.15, -0.1) is 0 Å². The maximum absolute atomic E-state index is 2.43. The summed E-state index contributed by atoms with van der Waals surface area (Å²) in [4.78, 5) is 0. The maximum atomic E-state index is 2.43. The fraction of sp³-hybridized carbons (Fsp3) is 0.333. The molecule has 182 valence electrons. The minimum Gasteiger partial charge on any atom is -0.0619 e. The van der Waals surface area contributed by atoms with Crippen molar-refractivity contribution in [1.82, 2.24) is 0 Å². The van der Waals surface area contributed by atoms with Crippen molar-refractivity contribution in [1.29, 1.82) is 0 Å². The zero-order valence-corrected chi connectivity index (χ0v) is 22.8. The van der Waals surface area contributed by atoms with Crippen molar-refractivity contribution >= 4 is 0 Å². The van der Waals surface area contributed by atoms with Gasteiger partial charge in [0.05, 0.1) is 0 Å². The van der Waals surface area contributed by atoms with Crippen LogP contribution in [0.25, 0.3) is 22.3 Å². The van der Waals surface area contributed by atoms with Crippen LogP contribution in [0.1, 0.15) is 86.1 Å². The van der Waals surface area contributed by atoms with Gasteiger partial charge in [0.1, 0.15) is 0 Å². The van der Waals surface area contributed by atoms with Gasteiger partial charge in [-0.2, -0.15) is 0 Å². The van der Waals surface area contributed by atoms with Crippen molar-refractivity contribution in [2.24, 2.45) is 0 Å². The summed E-state index contributed by atoms with van der Waals surface area (Å²) in [5.41, 5.74) is 18.3. The van der Waals surface area contributed by atoms with Crippen molar-refractivity contribution in [2.75, 3.05) is 0 Å². The Bertz CT molecular complexity index is 1370. The third-order valence-electron chi connectivity index (χ3n) is 8.31.